The summed E-state index contributed by atoms with van der Waals surface area (Å²) in [7, 11) is -4.53. The third-order valence-electron chi connectivity index (χ3n) is 2.11. The highest BCUT2D eigenvalue weighted by atomic mass is 31.2. The van der Waals surface area contributed by atoms with Gasteiger partial charge in [-0.2, -0.15) is 22.0 Å². The van der Waals surface area contributed by atoms with Gasteiger partial charge in [0, 0.05) is 6.66 Å². The molecule has 0 saturated heterocycles. The SMILES string of the molecule is CP(=O)(O)O[C@@H](c1ccccc1)C(F)(F)C(F)(F)F. The van der Waals surface area contributed by atoms with Crippen LogP contribution >= 0.6 is 7.60 Å². The summed E-state index contributed by atoms with van der Waals surface area (Å²) in [5.74, 6) is -5.29. The van der Waals surface area contributed by atoms with E-state index in [4.69, 9.17) is 4.89 Å². The van der Waals surface area contributed by atoms with E-state index >= 15 is 0 Å². The van der Waals surface area contributed by atoms with Crippen molar-refractivity contribution in [3.05, 3.63) is 35.9 Å². The van der Waals surface area contributed by atoms with Crippen molar-refractivity contribution < 1.29 is 35.9 Å². The van der Waals surface area contributed by atoms with E-state index in [1.165, 1.54) is 18.2 Å². The summed E-state index contributed by atoms with van der Waals surface area (Å²) in [6.45, 7) is 0.537. The quantitative estimate of drug-likeness (QED) is 0.680. The van der Waals surface area contributed by atoms with Gasteiger partial charge < -0.3 is 4.89 Å². The van der Waals surface area contributed by atoms with E-state index < -0.39 is 31.4 Å². The largest absolute Gasteiger partial charge is 0.456 e. The van der Waals surface area contributed by atoms with Gasteiger partial charge in [-0.15, -0.1) is 0 Å². The Kier molecular flexibility index (Phi) is 4.39. The van der Waals surface area contributed by atoms with Gasteiger partial charge in [0.25, 0.3) is 0 Å². The molecule has 108 valence electrons. The molecule has 1 rings (SSSR count). The number of rotatable bonds is 4. The van der Waals surface area contributed by atoms with Crippen LogP contribution in [0.4, 0.5) is 22.0 Å². The molecular weight excluding hydrogens is 294 g/mol. The van der Waals surface area contributed by atoms with Crippen molar-refractivity contribution in [3.63, 3.8) is 0 Å². The van der Waals surface area contributed by atoms with Gasteiger partial charge in [0.15, 0.2) is 6.10 Å². The molecule has 1 aromatic rings. The Morgan fingerprint density at radius 3 is 2.00 bits per heavy atom. The fourth-order valence-corrected chi connectivity index (χ4v) is 1.95. The number of hydrogen-bond donors (Lipinski definition) is 1. The average Bonchev–Trinajstić information content (AvgIpc) is 2.24. The first-order valence-corrected chi connectivity index (χ1v) is 6.96. The summed E-state index contributed by atoms with van der Waals surface area (Å²) in [6, 6.07) is 5.75. The lowest BCUT2D eigenvalue weighted by molar-refractivity contribution is -0.311. The van der Waals surface area contributed by atoms with Gasteiger partial charge in [-0.3, -0.25) is 9.09 Å². The highest BCUT2D eigenvalue weighted by molar-refractivity contribution is 7.51. The van der Waals surface area contributed by atoms with Crippen molar-refractivity contribution >= 4 is 7.60 Å². The van der Waals surface area contributed by atoms with Crippen LogP contribution in [-0.2, 0) is 9.09 Å². The predicted molar refractivity (Wildman–Crippen MR) is 57.0 cm³/mol. The standard InChI is InChI=1S/C10H10F5O3P/c1-19(16,17)18-8(7-5-3-2-4-6-7)9(11,12)10(13,14)15/h2-6,8H,1H3,(H,16,17)/t8-/m0/s1. The summed E-state index contributed by atoms with van der Waals surface area (Å²) in [5.41, 5.74) is -0.541. The van der Waals surface area contributed by atoms with Crippen molar-refractivity contribution in [1.82, 2.24) is 0 Å². The Morgan fingerprint density at radius 2 is 1.63 bits per heavy atom. The lowest BCUT2D eigenvalue weighted by Gasteiger charge is -2.29. The monoisotopic (exact) mass is 304 g/mol. The van der Waals surface area contributed by atoms with E-state index in [1.54, 1.807) is 0 Å². The first kappa shape index (κ1) is 16.1. The van der Waals surface area contributed by atoms with Crippen LogP contribution in [0.25, 0.3) is 0 Å². The molecule has 0 spiro atoms. The van der Waals surface area contributed by atoms with Crippen LogP contribution in [0, 0.1) is 0 Å². The maximum Gasteiger partial charge on any atom is 0.456 e. The van der Waals surface area contributed by atoms with Crippen LogP contribution < -0.4 is 0 Å². The van der Waals surface area contributed by atoms with Crippen molar-refractivity contribution in [1.29, 1.82) is 0 Å². The molecule has 0 amide bonds. The summed E-state index contributed by atoms with van der Waals surface area (Å²) >= 11 is 0. The lowest BCUT2D eigenvalue weighted by atomic mass is 10.0. The lowest BCUT2D eigenvalue weighted by Crippen LogP contribution is -2.42. The van der Waals surface area contributed by atoms with Gasteiger partial charge in [-0.05, 0) is 5.56 Å². The maximum absolute atomic E-state index is 13.3. The second-order valence-electron chi connectivity index (χ2n) is 3.82. The van der Waals surface area contributed by atoms with Crippen molar-refractivity contribution in [2.45, 2.75) is 18.2 Å². The minimum Gasteiger partial charge on any atom is -0.324 e. The minimum atomic E-state index is -5.90. The van der Waals surface area contributed by atoms with Gasteiger partial charge in [0.05, 0.1) is 0 Å². The molecule has 0 saturated carbocycles. The molecule has 0 bridgehead atoms. The van der Waals surface area contributed by atoms with Crippen LogP contribution in [0.1, 0.15) is 11.7 Å². The number of benzene rings is 1. The van der Waals surface area contributed by atoms with Crippen molar-refractivity contribution in [2.75, 3.05) is 6.66 Å². The van der Waals surface area contributed by atoms with Gasteiger partial charge >= 0.3 is 19.7 Å². The molecular formula is C10H10F5O3P. The van der Waals surface area contributed by atoms with Crippen LogP contribution in [-0.4, -0.2) is 23.7 Å². The van der Waals surface area contributed by atoms with E-state index in [9.17, 15) is 26.5 Å². The Balaban J connectivity index is 3.25. The van der Waals surface area contributed by atoms with E-state index in [-0.39, 0.29) is 0 Å². The molecule has 1 aromatic carbocycles. The van der Waals surface area contributed by atoms with Crippen LogP contribution in [0.3, 0.4) is 0 Å². The minimum absolute atomic E-state index is 0.537. The molecule has 0 aliphatic rings. The normalized spacial score (nSPS) is 17.8. The van der Waals surface area contributed by atoms with Crippen molar-refractivity contribution in [3.8, 4) is 0 Å². The van der Waals surface area contributed by atoms with Gasteiger partial charge in [-0.1, -0.05) is 30.3 Å². The van der Waals surface area contributed by atoms with E-state index in [2.05, 4.69) is 4.52 Å². The first-order valence-electron chi connectivity index (χ1n) is 4.93. The van der Waals surface area contributed by atoms with Crippen molar-refractivity contribution in [2.24, 2.45) is 0 Å². The Hall–Kier alpha value is -0.980. The number of halogens is 5. The second-order valence-corrected chi connectivity index (χ2v) is 5.64. The molecule has 0 aliphatic carbocycles. The molecule has 1 N–H and O–H groups in total. The van der Waals surface area contributed by atoms with Crippen LogP contribution in [0.2, 0.25) is 0 Å². The molecule has 0 fully saturated rings. The summed E-state index contributed by atoms with van der Waals surface area (Å²) in [5, 5.41) is 0. The topological polar surface area (TPSA) is 46.5 Å². The zero-order valence-corrected chi connectivity index (χ0v) is 10.5. The highest BCUT2D eigenvalue weighted by Crippen LogP contribution is 2.53. The smallest absolute Gasteiger partial charge is 0.324 e. The van der Waals surface area contributed by atoms with Crippen LogP contribution in [0.15, 0.2) is 30.3 Å². The van der Waals surface area contributed by atoms with Gasteiger partial charge in [-0.25, -0.2) is 0 Å². The molecule has 1 unspecified atom stereocenters. The number of hydrogen-bond acceptors (Lipinski definition) is 2. The molecule has 0 aromatic heterocycles. The van der Waals surface area contributed by atoms with Gasteiger partial charge in [0.1, 0.15) is 0 Å². The first-order chi connectivity index (χ1) is 8.45. The predicted octanol–water partition coefficient (Wildman–Crippen LogP) is 3.76. The molecule has 0 aliphatic heterocycles. The zero-order chi connectivity index (χ0) is 14.9. The fourth-order valence-electron chi connectivity index (χ4n) is 1.31. The van der Waals surface area contributed by atoms with Crippen LogP contribution in [0.5, 0.6) is 0 Å². The molecule has 3 nitrogen and oxygen atoms in total. The average molecular weight is 304 g/mol. The molecule has 19 heavy (non-hydrogen) atoms. The molecule has 9 heteroatoms. The highest BCUT2D eigenvalue weighted by Gasteiger charge is 2.64. The Labute approximate surface area is 105 Å². The maximum atomic E-state index is 13.3. The fraction of sp³-hybridized carbons (Fsp3) is 0.400. The zero-order valence-electron chi connectivity index (χ0n) is 9.56. The molecule has 0 radical (unpaired) electrons. The third kappa shape index (κ3) is 3.99. The molecule has 2 atom stereocenters. The van der Waals surface area contributed by atoms with E-state index in [0.29, 0.717) is 6.66 Å². The summed E-state index contributed by atoms with van der Waals surface area (Å²) in [6.07, 6.45) is -8.78. The van der Waals surface area contributed by atoms with E-state index in [1.807, 2.05) is 0 Å². The third-order valence-corrected chi connectivity index (χ3v) is 2.71. The second kappa shape index (κ2) is 5.19. The van der Waals surface area contributed by atoms with E-state index in [0.717, 1.165) is 12.1 Å². The number of alkyl halides is 5. The summed E-state index contributed by atoms with van der Waals surface area (Å²) in [4.78, 5) is 8.91. The van der Waals surface area contributed by atoms with Gasteiger partial charge in [0.2, 0.25) is 0 Å². The Bertz CT molecular complexity index is 468. The summed E-state index contributed by atoms with van der Waals surface area (Å²) < 4.78 is 78.7. The Morgan fingerprint density at radius 1 is 1.16 bits per heavy atom. The molecule has 0 heterocycles.